The average molecular weight is 299 g/mol. The summed E-state index contributed by atoms with van der Waals surface area (Å²) in [6.07, 6.45) is 2.52. The summed E-state index contributed by atoms with van der Waals surface area (Å²) in [5.74, 6) is 0.858. The molecule has 1 saturated carbocycles. The Hall–Kier alpha value is -0.610. The number of hydrogen-bond acceptors (Lipinski definition) is 2. The number of halogens is 1. The third-order valence-electron chi connectivity index (χ3n) is 2.98. The van der Waals surface area contributed by atoms with E-state index in [0.717, 1.165) is 21.6 Å². The van der Waals surface area contributed by atoms with Crippen LogP contribution in [0.1, 0.15) is 25.3 Å². The van der Waals surface area contributed by atoms with Crippen LogP contribution in [0.4, 0.5) is 5.69 Å². The fourth-order valence-electron chi connectivity index (χ4n) is 2.06. The molecule has 0 radical (unpaired) electrons. The highest BCUT2D eigenvalue weighted by Gasteiger charge is 2.24. The highest BCUT2D eigenvalue weighted by Crippen LogP contribution is 2.30. The number of anilines is 1. The molecule has 0 aromatic heterocycles. The number of rotatable bonds is 3. The number of hydrogen-bond donors (Lipinski definition) is 2. The second kappa shape index (κ2) is 4.72. The lowest BCUT2D eigenvalue weighted by molar-refractivity contribution is 0.309. The van der Waals surface area contributed by atoms with Crippen LogP contribution in [-0.2, 0) is 0 Å². The average Bonchev–Trinajstić information content (AvgIpc) is 2.15. The van der Waals surface area contributed by atoms with Crippen LogP contribution in [0.25, 0.3) is 0 Å². The molecule has 16 heavy (non-hydrogen) atoms. The molecule has 1 aliphatic rings. The van der Waals surface area contributed by atoms with Crippen molar-refractivity contribution in [2.75, 3.05) is 5.32 Å². The smallest absolute Gasteiger partial charge is 0.105 e. The quantitative estimate of drug-likeness (QED) is 0.841. The Balaban J connectivity index is 2.06. The number of thiocarbonyl (C=S) groups is 1. The first-order valence-corrected chi connectivity index (χ1v) is 6.62. The van der Waals surface area contributed by atoms with E-state index < -0.39 is 0 Å². The molecule has 0 saturated heterocycles. The van der Waals surface area contributed by atoms with Gasteiger partial charge in [0.1, 0.15) is 4.99 Å². The maximum Gasteiger partial charge on any atom is 0.105 e. The van der Waals surface area contributed by atoms with Gasteiger partial charge in [0.2, 0.25) is 0 Å². The van der Waals surface area contributed by atoms with Crippen molar-refractivity contribution >= 4 is 38.8 Å². The Kier molecular flexibility index (Phi) is 3.50. The molecule has 0 amide bonds. The molecule has 0 aliphatic heterocycles. The van der Waals surface area contributed by atoms with Gasteiger partial charge in [0, 0.05) is 21.8 Å². The molecule has 0 heterocycles. The molecule has 0 spiro atoms. The standard InChI is InChI=1S/C12H15BrN2S/c1-7-4-9(5-7)15-8-2-3-10(12(14)16)11(13)6-8/h2-3,6-7,9,15H,4-5H2,1H3,(H2,14,16). The molecule has 1 fully saturated rings. The SMILES string of the molecule is CC1CC(Nc2ccc(C(N)=S)c(Br)c2)C1. The number of benzene rings is 1. The predicted octanol–water partition coefficient (Wildman–Crippen LogP) is 3.29. The number of nitrogens with one attached hydrogen (secondary N) is 1. The Morgan fingerprint density at radius 3 is 2.69 bits per heavy atom. The van der Waals surface area contributed by atoms with Crippen molar-refractivity contribution < 1.29 is 0 Å². The lowest BCUT2D eigenvalue weighted by atomic mass is 9.82. The normalized spacial score (nSPS) is 23.6. The van der Waals surface area contributed by atoms with Crippen LogP contribution in [0.3, 0.4) is 0 Å². The summed E-state index contributed by atoms with van der Waals surface area (Å²) in [5.41, 5.74) is 7.62. The molecule has 2 rings (SSSR count). The van der Waals surface area contributed by atoms with Gasteiger partial charge in [0.25, 0.3) is 0 Å². The van der Waals surface area contributed by atoms with E-state index in [1.54, 1.807) is 0 Å². The van der Waals surface area contributed by atoms with Crippen molar-refractivity contribution in [2.45, 2.75) is 25.8 Å². The van der Waals surface area contributed by atoms with Crippen LogP contribution in [0.5, 0.6) is 0 Å². The minimum atomic E-state index is 0.427. The fourth-order valence-corrected chi connectivity index (χ4v) is 2.96. The molecule has 2 nitrogen and oxygen atoms in total. The first kappa shape index (κ1) is 11.9. The first-order chi connectivity index (χ1) is 7.56. The van der Waals surface area contributed by atoms with Crippen molar-refractivity contribution in [3.8, 4) is 0 Å². The van der Waals surface area contributed by atoms with Gasteiger partial charge >= 0.3 is 0 Å². The van der Waals surface area contributed by atoms with Gasteiger partial charge in [0.15, 0.2) is 0 Å². The zero-order valence-corrected chi connectivity index (χ0v) is 11.6. The molecule has 0 unspecified atom stereocenters. The van der Waals surface area contributed by atoms with Gasteiger partial charge in [-0.05, 0) is 52.9 Å². The van der Waals surface area contributed by atoms with E-state index in [2.05, 4.69) is 28.2 Å². The predicted molar refractivity (Wildman–Crippen MR) is 75.8 cm³/mol. The largest absolute Gasteiger partial charge is 0.389 e. The van der Waals surface area contributed by atoms with Gasteiger partial charge < -0.3 is 11.1 Å². The zero-order chi connectivity index (χ0) is 11.7. The van der Waals surface area contributed by atoms with Gasteiger partial charge in [-0.15, -0.1) is 0 Å². The molecule has 0 bridgehead atoms. The summed E-state index contributed by atoms with van der Waals surface area (Å²) in [7, 11) is 0. The fraction of sp³-hybridized carbons (Fsp3) is 0.417. The molecular formula is C12H15BrN2S. The van der Waals surface area contributed by atoms with Crippen molar-refractivity contribution in [2.24, 2.45) is 11.7 Å². The van der Waals surface area contributed by atoms with Crippen molar-refractivity contribution in [1.29, 1.82) is 0 Å². The van der Waals surface area contributed by atoms with Crippen LogP contribution in [0.2, 0.25) is 0 Å². The van der Waals surface area contributed by atoms with Gasteiger partial charge in [-0.1, -0.05) is 19.1 Å². The second-order valence-electron chi connectivity index (χ2n) is 4.48. The van der Waals surface area contributed by atoms with Crippen LogP contribution in [0, 0.1) is 5.92 Å². The molecule has 3 N–H and O–H groups in total. The second-order valence-corrected chi connectivity index (χ2v) is 5.77. The molecule has 1 aromatic carbocycles. The Morgan fingerprint density at radius 2 is 2.19 bits per heavy atom. The summed E-state index contributed by atoms with van der Waals surface area (Å²) >= 11 is 8.44. The van der Waals surface area contributed by atoms with Crippen molar-refractivity contribution in [3.05, 3.63) is 28.2 Å². The summed E-state index contributed by atoms with van der Waals surface area (Å²) in [6.45, 7) is 2.28. The first-order valence-electron chi connectivity index (χ1n) is 5.42. The van der Waals surface area contributed by atoms with Crippen molar-refractivity contribution in [1.82, 2.24) is 0 Å². The molecule has 4 heteroatoms. The van der Waals surface area contributed by atoms with Gasteiger partial charge in [0.05, 0.1) is 0 Å². The topological polar surface area (TPSA) is 38.0 Å². The maximum absolute atomic E-state index is 5.60. The van der Waals surface area contributed by atoms with Crippen LogP contribution < -0.4 is 11.1 Å². The Labute approximate surface area is 110 Å². The van der Waals surface area contributed by atoms with Crippen LogP contribution >= 0.6 is 28.1 Å². The Bertz CT molecular complexity index is 413. The van der Waals surface area contributed by atoms with Crippen LogP contribution in [0.15, 0.2) is 22.7 Å². The van der Waals surface area contributed by atoms with E-state index in [9.17, 15) is 0 Å². The summed E-state index contributed by atoms with van der Waals surface area (Å²) in [4.78, 5) is 0.427. The molecule has 86 valence electrons. The van der Waals surface area contributed by atoms with E-state index in [1.165, 1.54) is 12.8 Å². The zero-order valence-electron chi connectivity index (χ0n) is 9.16. The third-order valence-corrected chi connectivity index (χ3v) is 3.86. The van der Waals surface area contributed by atoms with Gasteiger partial charge in [-0.3, -0.25) is 0 Å². The summed E-state index contributed by atoms with van der Waals surface area (Å²) in [5, 5.41) is 3.50. The van der Waals surface area contributed by atoms with E-state index in [-0.39, 0.29) is 0 Å². The Morgan fingerprint density at radius 1 is 1.50 bits per heavy atom. The molecule has 0 atom stereocenters. The monoisotopic (exact) mass is 298 g/mol. The lowest BCUT2D eigenvalue weighted by Gasteiger charge is -2.34. The molecule has 1 aromatic rings. The molecule has 1 aliphatic carbocycles. The number of nitrogens with two attached hydrogens (primary N) is 1. The van der Waals surface area contributed by atoms with Crippen molar-refractivity contribution in [3.63, 3.8) is 0 Å². The highest BCUT2D eigenvalue weighted by molar-refractivity contribution is 9.10. The van der Waals surface area contributed by atoms with E-state index in [1.807, 2.05) is 18.2 Å². The van der Waals surface area contributed by atoms with E-state index in [4.69, 9.17) is 18.0 Å². The van der Waals surface area contributed by atoms with Crippen LogP contribution in [-0.4, -0.2) is 11.0 Å². The highest BCUT2D eigenvalue weighted by atomic mass is 79.9. The summed E-state index contributed by atoms with van der Waals surface area (Å²) in [6, 6.07) is 6.65. The van der Waals surface area contributed by atoms with E-state index in [0.29, 0.717) is 11.0 Å². The van der Waals surface area contributed by atoms with E-state index >= 15 is 0 Å². The summed E-state index contributed by atoms with van der Waals surface area (Å²) < 4.78 is 0.956. The lowest BCUT2D eigenvalue weighted by Crippen LogP contribution is -2.33. The minimum absolute atomic E-state index is 0.427. The van der Waals surface area contributed by atoms with Gasteiger partial charge in [-0.25, -0.2) is 0 Å². The van der Waals surface area contributed by atoms with Gasteiger partial charge in [-0.2, -0.15) is 0 Å². The molecular weight excluding hydrogens is 284 g/mol. The minimum Gasteiger partial charge on any atom is -0.389 e. The maximum atomic E-state index is 5.60. The third kappa shape index (κ3) is 2.55.